The van der Waals surface area contributed by atoms with E-state index in [-0.39, 0.29) is 12.2 Å². The zero-order chi connectivity index (χ0) is 14.6. The maximum atomic E-state index is 12.3. The summed E-state index contributed by atoms with van der Waals surface area (Å²) in [4.78, 5) is 16.3. The van der Waals surface area contributed by atoms with Gasteiger partial charge in [-0.15, -0.1) is 0 Å². The molecule has 8 heteroatoms. The average molecular weight is 286 g/mol. The number of carbonyl (C=O) groups is 1. The molecule has 0 aliphatic heterocycles. The highest BCUT2D eigenvalue weighted by atomic mass is 19.4. The van der Waals surface area contributed by atoms with Gasteiger partial charge in [0.25, 0.3) is 5.91 Å². The average Bonchev–Trinajstić information content (AvgIpc) is 2.92. The van der Waals surface area contributed by atoms with Crippen LogP contribution >= 0.6 is 0 Å². The first-order chi connectivity index (χ1) is 9.47. The van der Waals surface area contributed by atoms with E-state index in [0.717, 1.165) is 18.4 Å². The molecule has 2 aromatic rings. The second kappa shape index (κ2) is 5.74. The highest BCUT2D eigenvalue weighted by Gasteiger charge is 2.29. The van der Waals surface area contributed by atoms with Crippen LogP contribution in [-0.4, -0.2) is 11.1 Å². The molecule has 20 heavy (non-hydrogen) atoms. The Balaban J connectivity index is 1.84. The first kappa shape index (κ1) is 14.1. The number of hydrogen-bond donors (Lipinski definition) is 1. The summed E-state index contributed by atoms with van der Waals surface area (Å²) in [6.45, 7) is -0.0604. The summed E-state index contributed by atoms with van der Waals surface area (Å²) < 4.78 is 41.5. The Morgan fingerprint density at radius 1 is 1.30 bits per heavy atom. The van der Waals surface area contributed by atoms with Crippen molar-refractivity contribution in [3.63, 3.8) is 0 Å². The number of hydrogen-bond acceptors (Lipinski definition) is 4. The van der Waals surface area contributed by atoms with Crippen LogP contribution in [0.1, 0.15) is 21.5 Å². The van der Waals surface area contributed by atoms with Crippen LogP contribution in [0.15, 0.2) is 41.2 Å². The SMILES string of the molecule is O=C(NOCc1ccc(C(F)(F)F)cc1)c1cnoc1. The summed E-state index contributed by atoms with van der Waals surface area (Å²) in [5, 5.41) is 3.34. The van der Waals surface area contributed by atoms with Gasteiger partial charge in [0.1, 0.15) is 11.8 Å². The third-order valence-electron chi connectivity index (χ3n) is 2.38. The summed E-state index contributed by atoms with van der Waals surface area (Å²) >= 11 is 0. The molecular formula is C12H9F3N2O3. The van der Waals surface area contributed by atoms with E-state index in [4.69, 9.17) is 4.84 Å². The van der Waals surface area contributed by atoms with Crippen LogP contribution in [0.3, 0.4) is 0 Å². The van der Waals surface area contributed by atoms with E-state index in [1.807, 2.05) is 0 Å². The van der Waals surface area contributed by atoms with E-state index in [1.54, 1.807) is 0 Å². The number of aromatic nitrogens is 1. The van der Waals surface area contributed by atoms with Gasteiger partial charge in [-0.05, 0) is 17.7 Å². The molecule has 0 saturated heterocycles. The van der Waals surface area contributed by atoms with Gasteiger partial charge in [-0.2, -0.15) is 13.2 Å². The molecule has 0 radical (unpaired) electrons. The normalized spacial score (nSPS) is 11.3. The van der Waals surface area contributed by atoms with Crippen LogP contribution in [0, 0.1) is 0 Å². The number of rotatable bonds is 4. The Bertz CT molecular complexity index is 565. The van der Waals surface area contributed by atoms with Crippen LogP contribution in [0.5, 0.6) is 0 Å². The molecule has 0 atom stereocenters. The molecule has 0 bridgehead atoms. The van der Waals surface area contributed by atoms with Crippen LogP contribution in [0.4, 0.5) is 13.2 Å². The summed E-state index contributed by atoms with van der Waals surface area (Å²) in [7, 11) is 0. The molecule has 106 valence electrons. The number of nitrogens with zero attached hydrogens (tertiary/aromatic N) is 1. The molecule has 1 aromatic carbocycles. The Morgan fingerprint density at radius 2 is 2.00 bits per heavy atom. The molecule has 0 fully saturated rings. The number of halogens is 3. The van der Waals surface area contributed by atoms with Gasteiger partial charge in [-0.1, -0.05) is 17.3 Å². The van der Waals surface area contributed by atoms with Crippen LogP contribution in [-0.2, 0) is 17.6 Å². The zero-order valence-electron chi connectivity index (χ0n) is 9.98. The van der Waals surface area contributed by atoms with Gasteiger partial charge in [0.05, 0.1) is 18.4 Å². The first-order valence-corrected chi connectivity index (χ1v) is 5.44. The summed E-state index contributed by atoms with van der Waals surface area (Å²) in [5.41, 5.74) is 2.04. The van der Waals surface area contributed by atoms with E-state index in [1.165, 1.54) is 18.3 Å². The molecule has 1 amide bonds. The van der Waals surface area contributed by atoms with Crippen LogP contribution in [0.25, 0.3) is 0 Å². The number of alkyl halides is 3. The predicted molar refractivity (Wildman–Crippen MR) is 60.2 cm³/mol. The summed E-state index contributed by atoms with van der Waals surface area (Å²) in [6, 6.07) is 4.43. The molecule has 5 nitrogen and oxygen atoms in total. The highest BCUT2D eigenvalue weighted by Crippen LogP contribution is 2.29. The third-order valence-corrected chi connectivity index (χ3v) is 2.38. The molecule has 0 aliphatic rings. The standard InChI is InChI=1S/C12H9F3N2O3/c13-12(14,15)10-3-1-8(2-4-10)6-20-17-11(18)9-5-16-19-7-9/h1-5,7H,6H2,(H,17,18). The second-order valence-corrected chi connectivity index (χ2v) is 3.83. The van der Waals surface area contributed by atoms with Gasteiger partial charge in [0.2, 0.25) is 0 Å². The quantitative estimate of drug-likeness (QED) is 0.877. The molecule has 0 spiro atoms. The van der Waals surface area contributed by atoms with Gasteiger partial charge in [-0.3, -0.25) is 9.63 Å². The lowest BCUT2D eigenvalue weighted by Gasteiger charge is -2.08. The number of hydroxylamine groups is 1. The van der Waals surface area contributed by atoms with Gasteiger partial charge in [0.15, 0.2) is 0 Å². The van der Waals surface area contributed by atoms with Crippen molar-refractivity contribution >= 4 is 5.91 Å². The van der Waals surface area contributed by atoms with Crippen molar-refractivity contribution in [1.29, 1.82) is 0 Å². The molecule has 0 aliphatic carbocycles. The fourth-order valence-electron chi connectivity index (χ4n) is 1.35. The van der Waals surface area contributed by atoms with Crippen LogP contribution < -0.4 is 5.48 Å². The van der Waals surface area contributed by atoms with Crippen molar-refractivity contribution in [3.8, 4) is 0 Å². The maximum absolute atomic E-state index is 12.3. The van der Waals surface area contributed by atoms with E-state index >= 15 is 0 Å². The summed E-state index contributed by atoms with van der Waals surface area (Å²) in [6.07, 6.45) is -2.03. The van der Waals surface area contributed by atoms with Crippen molar-refractivity contribution in [2.24, 2.45) is 0 Å². The van der Waals surface area contributed by atoms with Crippen molar-refractivity contribution < 1.29 is 27.3 Å². The highest BCUT2D eigenvalue weighted by molar-refractivity contribution is 5.92. The van der Waals surface area contributed by atoms with E-state index in [2.05, 4.69) is 15.2 Å². The van der Waals surface area contributed by atoms with Crippen molar-refractivity contribution in [2.45, 2.75) is 12.8 Å². The van der Waals surface area contributed by atoms with Gasteiger partial charge in [-0.25, -0.2) is 5.48 Å². The summed E-state index contributed by atoms with van der Waals surface area (Å²) in [5.74, 6) is -0.557. The van der Waals surface area contributed by atoms with Gasteiger partial charge < -0.3 is 4.52 Å². The largest absolute Gasteiger partial charge is 0.416 e. The Morgan fingerprint density at radius 3 is 2.55 bits per heavy atom. The Hall–Kier alpha value is -2.35. The minimum absolute atomic E-state index is 0.0604. The molecule has 0 saturated carbocycles. The lowest BCUT2D eigenvalue weighted by atomic mass is 10.1. The van der Waals surface area contributed by atoms with E-state index in [0.29, 0.717) is 5.56 Å². The molecule has 0 unspecified atom stereocenters. The lowest BCUT2D eigenvalue weighted by Crippen LogP contribution is -2.23. The van der Waals surface area contributed by atoms with Crippen molar-refractivity contribution in [2.75, 3.05) is 0 Å². The molecule has 1 aromatic heterocycles. The number of nitrogens with one attached hydrogen (secondary N) is 1. The van der Waals surface area contributed by atoms with Crippen molar-refractivity contribution in [3.05, 3.63) is 53.4 Å². The number of amides is 1. The monoisotopic (exact) mass is 286 g/mol. The maximum Gasteiger partial charge on any atom is 0.416 e. The van der Waals surface area contributed by atoms with Crippen LogP contribution in [0.2, 0.25) is 0 Å². The number of carbonyl (C=O) groups excluding carboxylic acids is 1. The molecule has 1 N–H and O–H groups in total. The molecule has 1 heterocycles. The van der Waals surface area contributed by atoms with E-state index < -0.39 is 17.6 Å². The first-order valence-electron chi connectivity index (χ1n) is 5.44. The predicted octanol–water partition coefficient (Wildman–Crippen LogP) is 2.56. The Labute approximate surface area is 111 Å². The van der Waals surface area contributed by atoms with Gasteiger partial charge in [0, 0.05) is 0 Å². The fourth-order valence-corrected chi connectivity index (χ4v) is 1.35. The minimum atomic E-state index is -4.37. The fraction of sp³-hybridized carbons (Fsp3) is 0.167. The molecular weight excluding hydrogens is 277 g/mol. The topological polar surface area (TPSA) is 64.4 Å². The second-order valence-electron chi connectivity index (χ2n) is 3.83. The molecule has 2 rings (SSSR count). The minimum Gasteiger partial charge on any atom is -0.364 e. The smallest absolute Gasteiger partial charge is 0.364 e. The number of benzene rings is 1. The van der Waals surface area contributed by atoms with E-state index in [9.17, 15) is 18.0 Å². The Kier molecular flexibility index (Phi) is 4.04. The van der Waals surface area contributed by atoms with Gasteiger partial charge >= 0.3 is 6.18 Å². The zero-order valence-corrected chi connectivity index (χ0v) is 9.98. The third kappa shape index (κ3) is 3.58. The van der Waals surface area contributed by atoms with Crippen molar-refractivity contribution in [1.82, 2.24) is 10.6 Å². The lowest BCUT2D eigenvalue weighted by molar-refractivity contribution is -0.137.